The number of halogens is 1. The van der Waals surface area contributed by atoms with Crippen molar-refractivity contribution in [3.05, 3.63) is 53.2 Å². The first-order chi connectivity index (χ1) is 7.68. The van der Waals surface area contributed by atoms with E-state index in [1.54, 1.807) is 6.20 Å². The van der Waals surface area contributed by atoms with Crippen LogP contribution < -0.4 is 0 Å². The van der Waals surface area contributed by atoms with Gasteiger partial charge in [0, 0.05) is 11.8 Å². The zero-order chi connectivity index (χ0) is 11.5. The normalized spacial score (nSPS) is 10.8. The number of rotatable bonds is 2. The van der Waals surface area contributed by atoms with E-state index in [-0.39, 0.29) is 0 Å². The first kappa shape index (κ1) is 11.2. The standard InChI is InChI=1S/C14H14ClN/c1-10(2)13-8-12(15)9-16-14(13)11-6-4-3-5-7-11/h3-10H,1-2H3. The molecular formula is C14H14ClN. The van der Waals surface area contributed by atoms with E-state index in [0.717, 1.165) is 11.3 Å². The van der Waals surface area contributed by atoms with E-state index < -0.39 is 0 Å². The second-order valence-electron chi connectivity index (χ2n) is 4.11. The van der Waals surface area contributed by atoms with Gasteiger partial charge in [-0.3, -0.25) is 4.98 Å². The molecule has 0 unspecified atom stereocenters. The first-order valence-electron chi connectivity index (χ1n) is 5.39. The van der Waals surface area contributed by atoms with E-state index >= 15 is 0 Å². The molecule has 0 aliphatic rings. The van der Waals surface area contributed by atoms with Crippen LogP contribution in [0, 0.1) is 0 Å². The average Bonchev–Trinajstić information content (AvgIpc) is 2.30. The molecule has 2 rings (SSSR count). The van der Waals surface area contributed by atoms with Gasteiger partial charge in [0.25, 0.3) is 0 Å². The van der Waals surface area contributed by atoms with Gasteiger partial charge in [-0.25, -0.2) is 0 Å². The predicted octanol–water partition coefficient (Wildman–Crippen LogP) is 4.53. The molecule has 2 aromatic rings. The maximum atomic E-state index is 5.99. The minimum Gasteiger partial charge on any atom is -0.254 e. The molecule has 0 saturated carbocycles. The molecule has 0 spiro atoms. The molecule has 2 heteroatoms. The van der Waals surface area contributed by atoms with Gasteiger partial charge in [0.2, 0.25) is 0 Å². The maximum Gasteiger partial charge on any atom is 0.0737 e. The second-order valence-corrected chi connectivity index (χ2v) is 4.55. The lowest BCUT2D eigenvalue weighted by Gasteiger charge is -2.12. The number of benzene rings is 1. The lowest BCUT2D eigenvalue weighted by atomic mass is 9.97. The Morgan fingerprint density at radius 2 is 1.81 bits per heavy atom. The Labute approximate surface area is 101 Å². The lowest BCUT2D eigenvalue weighted by Crippen LogP contribution is -1.95. The SMILES string of the molecule is CC(C)c1cc(Cl)cnc1-c1ccccc1. The summed E-state index contributed by atoms with van der Waals surface area (Å²) in [7, 11) is 0. The Balaban J connectivity index is 2.57. The van der Waals surface area contributed by atoms with E-state index in [1.807, 2.05) is 24.3 Å². The molecule has 0 aliphatic carbocycles. The maximum absolute atomic E-state index is 5.99. The van der Waals surface area contributed by atoms with Crippen molar-refractivity contribution in [3.63, 3.8) is 0 Å². The summed E-state index contributed by atoms with van der Waals surface area (Å²) in [4.78, 5) is 4.44. The molecule has 16 heavy (non-hydrogen) atoms. The Morgan fingerprint density at radius 3 is 2.44 bits per heavy atom. The van der Waals surface area contributed by atoms with E-state index in [9.17, 15) is 0 Å². The van der Waals surface area contributed by atoms with Crippen molar-refractivity contribution in [1.82, 2.24) is 4.98 Å². The molecule has 1 heterocycles. The van der Waals surface area contributed by atoms with Crippen LogP contribution in [-0.2, 0) is 0 Å². The summed E-state index contributed by atoms with van der Waals surface area (Å²) >= 11 is 5.99. The van der Waals surface area contributed by atoms with Gasteiger partial charge in [0.15, 0.2) is 0 Å². The summed E-state index contributed by atoms with van der Waals surface area (Å²) in [6.45, 7) is 4.31. The van der Waals surface area contributed by atoms with Crippen LogP contribution in [0.3, 0.4) is 0 Å². The highest BCUT2D eigenvalue weighted by molar-refractivity contribution is 6.30. The summed E-state index contributed by atoms with van der Waals surface area (Å²) in [5.41, 5.74) is 3.36. The van der Waals surface area contributed by atoms with Crippen LogP contribution in [0.25, 0.3) is 11.3 Å². The van der Waals surface area contributed by atoms with Crippen LogP contribution in [0.15, 0.2) is 42.6 Å². The highest BCUT2D eigenvalue weighted by Crippen LogP contribution is 2.28. The van der Waals surface area contributed by atoms with Crippen molar-refractivity contribution in [3.8, 4) is 11.3 Å². The molecule has 0 N–H and O–H groups in total. The van der Waals surface area contributed by atoms with Crippen molar-refractivity contribution in [1.29, 1.82) is 0 Å². The molecule has 0 saturated heterocycles. The molecule has 0 radical (unpaired) electrons. The largest absolute Gasteiger partial charge is 0.254 e. The van der Waals surface area contributed by atoms with E-state index in [1.165, 1.54) is 5.56 Å². The fourth-order valence-electron chi connectivity index (χ4n) is 1.73. The molecule has 0 amide bonds. The quantitative estimate of drug-likeness (QED) is 0.740. The molecule has 1 aromatic heterocycles. The Hall–Kier alpha value is -1.34. The van der Waals surface area contributed by atoms with Crippen LogP contribution in [0.4, 0.5) is 0 Å². The van der Waals surface area contributed by atoms with Crippen molar-refractivity contribution in [2.45, 2.75) is 19.8 Å². The molecule has 0 fully saturated rings. The van der Waals surface area contributed by atoms with Crippen LogP contribution >= 0.6 is 11.6 Å². The second kappa shape index (κ2) is 4.67. The summed E-state index contributed by atoms with van der Waals surface area (Å²) in [6, 6.07) is 12.2. The van der Waals surface area contributed by atoms with Crippen molar-refractivity contribution < 1.29 is 0 Å². The lowest BCUT2D eigenvalue weighted by molar-refractivity contribution is 0.861. The fraction of sp³-hybridized carbons (Fsp3) is 0.214. The van der Waals surface area contributed by atoms with Crippen LogP contribution in [0.5, 0.6) is 0 Å². The fourth-order valence-corrected chi connectivity index (χ4v) is 1.90. The van der Waals surface area contributed by atoms with Crippen molar-refractivity contribution in [2.75, 3.05) is 0 Å². The van der Waals surface area contributed by atoms with Crippen LogP contribution in [0.2, 0.25) is 5.02 Å². The highest BCUT2D eigenvalue weighted by Gasteiger charge is 2.10. The van der Waals surface area contributed by atoms with Gasteiger partial charge >= 0.3 is 0 Å². The summed E-state index contributed by atoms with van der Waals surface area (Å²) in [5, 5.41) is 0.698. The number of aromatic nitrogens is 1. The zero-order valence-electron chi connectivity index (χ0n) is 9.44. The number of pyridine rings is 1. The van der Waals surface area contributed by atoms with Gasteiger partial charge in [-0.2, -0.15) is 0 Å². The third kappa shape index (κ3) is 2.25. The van der Waals surface area contributed by atoms with Crippen LogP contribution in [0.1, 0.15) is 25.3 Å². The van der Waals surface area contributed by atoms with Crippen molar-refractivity contribution >= 4 is 11.6 Å². The number of nitrogens with zero attached hydrogens (tertiary/aromatic N) is 1. The monoisotopic (exact) mass is 231 g/mol. The Morgan fingerprint density at radius 1 is 1.12 bits per heavy atom. The average molecular weight is 232 g/mol. The van der Waals surface area contributed by atoms with Crippen molar-refractivity contribution in [2.24, 2.45) is 0 Å². The van der Waals surface area contributed by atoms with Gasteiger partial charge < -0.3 is 0 Å². The number of hydrogen-bond acceptors (Lipinski definition) is 1. The van der Waals surface area contributed by atoms with Gasteiger partial charge in [0.1, 0.15) is 0 Å². The number of hydrogen-bond donors (Lipinski definition) is 0. The zero-order valence-corrected chi connectivity index (χ0v) is 10.2. The summed E-state index contributed by atoms with van der Waals surface area (Å²) in [5.74, 6) is 0.418. The molecule has 82 valence electrons. The third-order valence-electron chi connectivity index (χ3n) is 2.55. The van der Waals surface area contributed by atoms with E-state index in [0.29, 0.717) is 10.9 Å². The minimum absolute atomic E-state index is 0.418. The third-order valence-corrected chi connectivity index (χ3v) is 2.76. The minimum atomic E-state index is 0.418. The van der Waals surface area contributed by atoms with Gasteiger partial charge in [-0.1, -0.05) is 55.8 Å². The van der Waals surface area contributed by atoms with Crippen LogP contribution in [-0.4, -0.2) is 4.98 Å². The topological polar surface area (TPSA) is 12.9 Å². The van der Waals surface area contributed by atoms with E-state index in [4.69, 9.17) is 11.6 Å². The summed E-state index contributed by atoms with van der Waals surface area (Å²) < 4.78 is 0. The molecule has 0 atom stereocenters. The molecule has 1 aromatic carbocycles. The van der Waals surface area contributed by atoms with Gasteiger partial charge in [-0.05, 0) is 17.5 Å². The predicted molar refractivity (Wildman–Crippen MR) is 68.8 cm³/mol. The molecule has 0 bridgehead atoms. The molecule has 1 nitrogen and oxygen atoms in total. The first-order valence-corrected chi connectivity index (χ1v) is 5.77. The smallest absolute Gasteiger partial charge is 0.0737 e. The molecule has 0 aliphatic heterocycles. The highest BCUT2D eigenvalue weighted by atomic mass is 35.5. The van der Waals surface area contributed by atoms with E-state index in [2.05, 4.69) is 31.0 Å². The molecular weight excluding hydrogens is 218 g/mol. The summed E-state index contributed by atoms with van der Waals surface area (Å²) in [6.07, 6.45) is 1.70. The van der Waals surface area contributed by atoms with Gasteiger partial charge in [0.05, 0.1) is 10.7 Å². The Bertz CT molecular complexity index is 477. The van der Waals surface area contributed by atoms with Gasteiger partial charge in [-0.15, -0.1) is 0 Å². The Kier molecular flexibility index (Phi) is 3.25.